The molecule has 204 valence electrons. The number of carbonyl (C=O) groups is 2. The molecule has 0 aliphatic heterocycles. The number of alkyl halides is 3. The van der Waals surface area contributed by atoms with Crippen LogP contribution in [0.5, 0.6) is 0 Å². The van der Waals surface area contributed by atoms with Crippen molar-refractivity contribution in [3.63, 3.8) is 0 Å². The maximum Gasteiger partial charge on any atom is 0.391 e. The number of nitrogens with one attached hydrogen (secondary N) is 4. The molecule has 10 nitrogen and oxygen atoms in total. The van der Waals surface area contributed by atoms with Crippen LogP contribution in [-0.4, -0.2) is 41.4 Å². The van der Waals surface area contributed by atoms with Gasteiger partial charge in [0.15, 0.2) is 5.84 Å². The molecule has 1 aromatic heterocycles. The summed E-state index contributed by atoms with van der Waals surface area (Å²) in [7, 11) is 0. The van der Waals surface area contributed by atoms with Gasteiger partial charge in [0.05, 0.1) is 11.5 Å². The zero-order chi connectivity index (χ0) is 28.9. The minimum Gasteiger partial charge on any atom is -0.398 e. The first-order valence-electron chi connectivity index (χ1n) is 11.4. The van der Waals surface area contributed by atoms with Crippen molar-refractivity contribution in [2.24, 2.45) is 16.6 Å². The minimum atomic E-state index is -3.99. The molecule has 0 saturated carbocycles. The van der Waals surface area contributed by atoms with Crippen LogP contribution in [0.1, 0.15) is 44.9 Å². The number of amides is 3. The Morgan fingerprint density at radius 2 is 1.87 bits per heavy atom. The molecule has 0 aliphatic carbocycles. The number of pyridine rings is 1. The average Bonchev–Trinajstić information content (AvgIpc) is 2.86. The maximum atomic E-state index is 12.1. The first kappa shape index (κ1) is 31.5. The summed E-state index contributed by atoms with van der Waals surface area (Å²) < 4.78 is 34.9. The number of anilines is 3. The molecule has 38 heavy (non-hydrogen) atoms. The van der Waals surface area contributed by atoms with E-state index >= 15 is 0 Å². The van der Waals surface area contributed by atoms with Gasteiger partial charge in [-0.1, -0.05) is 32.4 Å². The normalized spacial score (nSPS) is 12.5. The molecule has 3 amide bonds. The molecule has 0 bridgehead atoms. The molecular weight excluding hydrogens is 501 g/mol. The lowest BCUT2D eigenvalue weighted by Gasteiger charge is -2.13. The number of nitrogen functional groups attached to an aromatic ring is 1. The smallest absolute Gasteiger partial charge is 0.391 e. The number of nitrogens with zero attached hydrogens (tertiary/aromatic N) is 2. The number of allylic oxidation sites excluding steroid dienone is 1. The van der Waals surface area contributed by atoms with Crippen LogP contribution in [0.3, 0.4) is 0 Å². The number of aromatic nitrogens is 1. The van der Waals surface area contributed by atoms with E-state index in [1.165, 1.54) is 25.1 Å². The van der Waals surface area contributed by atoms with Gasteiger partial charge in [-0.05, 0) is 43.7 Å². The minimum absolute atomic E-state index is 0.153. The van der Waals surface area contributed by atoms with E-state index in [1.807, 2.05) is 0 Å². The molecule has 8 N–H and O–H groups in total. The number of urea groups is 1. The standard InChI is InChI=1S/C19H20N8O2.C6H11F3/c1-2-11(9-20)18(28)26-16-5-3-4-15(25-16)17(23)27-19(29)24-13-6-7-14(22)12(8-13)10-21;1-3-4-5(2)6(7,8)9/h2-10,20-21H,22H2,1H3,(H,25,26,28)(H3,23,24,27,29);5H,3-4H2,1-2H3/b11-2+,20-9?,21-10?;. The van der Waals surface area contributed by atoms with Crippen LogP contribution in [0.25, 0.3) is 0 Å². The van der Waals surface area contributed by atoms with Gasteiger partial charge in [0.1, 0.15) is 11.5 Å². The summed E-state index contributed by atoms with van der Waals surface area (Å²) in [5.41, 5.74) is 13.2. The zero-order valence-corrected chi connectivity index (χ0v) is 21.2. The monoisotopic (exact) mass is 532 g/mol. The summed E-state index contributed by atoms with van der Waals surface area (Å²) in [4.78, 5) is 32.0. The summed E-state index contributed by atoms with van der Waals surface area (Å²) in [6.45, 7) is 4.60. The van der Waals surface area contributed by atoms with E-state index in [-0.39, 0.29) is 29.3 Å². The Bertz CT molecular complexity index is 1210. The highest BCUT2D eigenvalue weighted by Crippen LogP contribution is 2.28. The van der Waals surface area contributed by atoms with Crippen molar-refractivity contribution in [3.05, 3.63) is 59.3 Å². The van der Waals surface area contributed by atoms with Gasteiger partial charge < -0.3 is 32.9 Å². The Labute approximate surface area is 218 Å². The summed E-state index contributed by atoms with van der Waals surface area (Å²) in [5.74, 6) is -1.59. The zero-order valence-electron chi connectivity index (χ0n) is 21.2. The second kappa shape index (κ2) is 14.9. The van der Waals surface area contributed by atoms with E-state index in [2.05, 4.69) is 20.6 Å². The predicted octanol–water partition coefficient (Wildman–Crippen LogP) is 5.12. The Hall–Kier alpha value is -4.55. The number of rotatable bonds is 8. The molecular formula is C25H31F3N8O2. The SMILES string of the molecule is C/C=C(\C=N)C(=O)Nc1cccc(/C(N)=N/C(=O)Nc2ccc(N)c(C=N)c2)n1.CCCC(C)C(F)(F)F. The topological polar surface area (TPSA) is 183 Å². The summed E-state index contributed by atoms with van der Waals surface area (Å²) in [6, 6.07) is 8.59. The molecule has 13 heteroatoms. The number of carbonyl (C=O) groups excluding carboxylic acids is 2. The number of aliphatic imine (C=N–C) groups is 1. The van der Waals surface area contributed by atoms with Crippen molar-refractivity contribution in [1.29, 1.82) is 10.8 Å². The van der Waals surface area contributed by atoms with Crippen molar-refractivity contribution in [3.8, 4) is 0 Å². The van der Waals surface area contributed by atoms with Crippen LogP contribution in [-0.2, 0) is 4.79 Å². The van der Waals surface area contributed by atoms with E-state index < -0.39 is 24.0 Å². The van der Waals surface area contributed by atoms with Crippen LogP contribution >= 0.6 is 0 Å². The molecule has 0 aliphatic rings. The maximum absolute atomic E-state index is 12.1. The van der Waals surface area contributed by atoms with Crippen molar-refractivity contribution in [1.82, 2.24) is 4.98 Å². The van der Waals surface area contributed by atoms with Gasteiger partial charge in [-0.2, -0.15) is 18.2 Å². The number of halogens is 3. The summed E-state index contributed by atoms with van der Waals surface area (Å²) in [5, 5.41) is 19.5. The van der Waals surface area contributed by atoms with E-state index in [0.717, 1.165) is 12.4 Å². The third-order valence-electron chi connectivity index (χ3n) is 4.98. The van der Waals surface area contributed by atoms with Gasteiger partial charge >= 0.3 is 12.2 Å². The summed E-state index contributed by atoms with van der Waals surface area (Å²) >= 11 is 0. The molecule has 1 aromatic carbocycles. The number of hydrogen-bond donors (Lipinski definition) is 6. The van der Waals surface area contributed by atoms with Crippen molar-refractivity contribution >= 4 is 47.4 Å². The number of amidine groups is 1. The highest BCUT2D eigenvalue weighted by atomic mass is 19.4. The fourth-order valence-electron chi connectivity index (χ4n) is 2.81. The molecule has 1 heterocycles. The summed E-state index contributed by atoms with van der Waals surface area (Å²) in [6.07, 6.45) is 0.345. The van der Waals surface area contributed by atoms with Gasteiger partial charge in [0.2, 0.25) is 0 Å². The molecule has 0 spiro atoms. The van der Waals surface area contributed by atoms with E-state index in [0.29, 0.717) is 23.4 Å². The second-order valence-electron chi connectivity index (χ2n) is 7.90. The third kappa shape index (κ3) is 10.2. The second-order valence-corrected chi connectivity index (χ2v) is 7.90. The molecule has 1 atom stereocenters. The lowest BCUT2D eigenvalue weighted by atomic mass is 10.1. The largest absolute Gasteiger partial charge is 0.398 e. The van der Waals surface area contributed by atoms with Crippen molar-refractivity contribution < 1.29 is 22.8 Å². The number of nitrogens with two attached hydrogens (primary N) is 2. The van der Waals surface area contributed by atoms with E-state index in [9.17, 15) is 22.8 Å². The van der Waals surface area contributed by atoms with Crippen molar-refractivity contribution in [2.45, 2.75) is 39.8 Å². The molecule has 0 saturated heterocycles. The van der Waals surface area contributed by atoms with Crippen molar-refractivity contribution in [2.75, 3.05) is 16.4 Å². The van der Waals surface area contributed by atoms with Gasteiger partial charge in [-0.15, -0.1) is 0 Å². The lowest BCUT2D eigenvalue weighted by Crippen LogP contribution is -2.21. The van der Waals surface area contributed by atoms with Crippen LogP contribution in [0.15, 0.2) is 53.0 Å². The first-order valence-corrected chi connectivity index (χ1v) is 11.4. The van der Waals surface area contributed by atoms with Gasteiger partial charge in [-0.25, -0.2) is 9.78 Å². The molecule has 1 unspecified atom stereocenters. The molecule has 2 aromatic rings. The number of benzene rings is 1. The van der Waals surface area contributed by atoms with Crippen LogP contribution in [0.4, 0.5) is 35.2 Å². The number of hydrogen-bond acceptors (Lipinski definition) is 6. The highest BCUT2D eigenvalue weighted by Gasteiger charge is 2.34. The predicted molar refractivity (Wildman–Crippen MR) is 144 cm³/mol. The first-order chi connectivity index (χ1) is 17.9. The average molecular weight is 533 g/mol. The van der Waals surface area contributed by atoms with E-state index in [4.69, 9.17) is 22.3 Å². The fraction of sp³-hybridized carbons (Fsp3) is 0.280. The van der Waals surface area contributed by atoms with E-state index in [1.54, 1.807) is 38.1 Å². The third-order valence-corrected chi connectivity index (χ3v) is 4.98. The van der Waals surface area contributed by atoms with Gasteiger partial charge in [0.25, 0.3) is 5.91 Å². The molecule has 0 radical (unpaired) electrons. The van der Waals surface area contributed by atoms with Crippen LogP contribution in [0, 0.1) is 16.7 Å². The fourth-order valence-corrected chi connectivity index (χ4v) is 2.81. The lowest BCUT2D eigenvalue weighted by molar-refractivity contribution is -0.171. The van der Waals surface area contributed by atoms with Crippen LogP contribution < -0.4 is 22.1 Å². The Balaban J connectivity index is 0.000000686. The quantitative estimate of drug-likeness (QED) is 0.119. The van der Waals surface area contributed by atoms with Gasteiger partial charge in [-0.3, -0.25) is 4.79 Å². The molecule has 2 rings (SSSR count). The van der Waals surface area contributed by atoms with Gasteiger partial charge in [0, 0.05) is 29.4 Å². The Morgan fingerprint density at radius 3 is 2.39 bits per heavy atom. The Morgan fingerprint density at radius 1 is 1.18 bits per heavy atom. The highest BCUT2D eigenvalue weighted by molar-refractivity contribution is 6.17. The van der Waals surface area contributed by atoms with Crippen LogP contribution in [0.2, 0.25) is 0 Å². The Kier molecular flexibility index (Phi) is 12.3. The molecule has 0 fully saturated rings.